The molecule has 1 atom stereocenters. The van der Waals surface area contributed by atoms with Gasteiger partial charge >= 0.3 is 7.52 Å². The molecule has 0 spiro atoms. The molecule has 0 aliphatic carbocycles. The van der Waals surface area contributed by atoms with Crippen LogP contribution in [0.5, 0.6) is 5.75 Å². The van der Waals surface area contributed by atoms with Gasteiger partial charge in [0.15, 0.2) is 5.75 Å². The first kappa shape index (κ1) is 15.0. The largest absolute Gasteiger partial charge is 0.423 e. The third kappa shape index (κ3) is 2.16. The summed E-state index contributed by atoms with van der Waals surface area (Å²) in [6.45, 7) is 4.08. The summed E-state index contributed by atoms with van der Waals surface area (Å²) in [5.74, 6) is 0.660. The van der Waals surface area contributed by atoms with E-state index in [2.05, 4.69) is 0 Å². The molecular formula is C20H18NO2P. The Hall–Kier alpha value is -2.51. The monoisotopic (exact) mass is 335 g/mol. The molecule has 0 fully saturated rings. The molecule has 0 saturated carbocycles. The van der Waals surface area contributed by atoms with Gasteiger partial charge in [0.2, 0.25) is 0 Å². The molecular weight excluding hydrogens is 317 g/mol. The summed E-state index contributed by atoms with van der Waals surface area (Å²) < 4.78 is 21.9. The van der Waals surface area contributed by atoms with Crippen LogP contribution in [-0.4, -0.2) is 0 Å². The van der Waals surface area contributed by atoms with E-state index in [0.29, 0.717) is 11.1 Å². The summed E-state index contributed by atoms with van der Waals surface area (Å²) in [6.07, 6.45) is 0. The van der Waals surface area contributed by atoms with E-state index in [1.54, 1.807) is 0 Å². The molecule has 3 aromatic carbocycles. The lowest BCUT2D eigenvalue weighted by Gasteiger charge is -2.28. The summed E-state index contributed by atoms with van der Waals surface area (Å²) in [4.78, 5) is 0. The zero-order valence-electron chi connectivity index (χ0n) is 13.6. The van der Waals surface area contributed by atoms with Crippen LogP contribution in [0, 0.1) is 13.8 Å². The molecule has 1 aliphatic heterocycles. The van der Waals surface area contributed by atoms with E-state index in [4.69, 9.17) is 4.52 Å². The standard InChI is InChI=1S/C20H18NO2P/c1-15-9-8-10-16(2)20(15)21-18-13-6-7-14-19(18)23-24(21,22)17-11-4-3-5-12-17/h3-14H,1-2H3. The van der Waals surface area contributed by atoms with Gasteiger partial charge in [-0.15, -0.1) is 0 Å². The number of para-hydroxylation sites is 3. The summed E-state index contributed by atoms with van der Waals surface area (Å²) in [7, 11) is -3.26. The van der Waals surface area contributed by atoms with E-state index in [9.17, 15) is 4.57 Å². The number of hydrogen-bond acceptors (Lipinski definition) is 2. The molecule has 0 aromatic heterocycles. The number of nitrogens with zero attached hydrogens (tertiary/aromatic N) is 1. The summed E-state index contributed by atoms with van der Waals surface area (Å²) >= 11 is 0. The number of benzene rings is 3. The van der Waals surface area contributed by atoms with Crippen molar-refractivity contribution in [2.75, 3.05) is 4.67 Å². The van der Waals surface area contributed by atoms with Gasteiger partial charge < -0.3 is 4.52 Å². The third-order valence-corrected chi connectivity index (χ3v) is 6.65. The Kier molecular flexibility index (Phi) is 3.47. The fourth-order valence-corrected chi connectivity index (χ4v) is 5.62. The van der Waals surface area contributed by atoms with Crippen molar-refractivity contribution in [1.82, 2.24) is 0 Å². The van der Waals surface area contributed by atoms with E-state index >= 15 is 0 Å². The topological polar surface area (TPSA) is 29.5 Å². The maximum atomic E-state index is 14.0. The highest BCUT2D eigenvalue weighted by Crippen LogP contribution is 2.65. The molecule has 1 aliphatic rings. The third-order valence-electron chi connectivity index (χ3n) is 4.31. The number of anilines is 2. The van der Waals surface area contributed by atoms with Gasteiger partial charge in [-0.2, -0.15) is 0 Å². The number of rotatable bonds is 2. The first-order valence-corrected chi connectivity index (χ1v) is 9.50. The van der Waals surface area contributed by atoms with Crippen molar-refractivity contribution in [3.63, 3.8) is 0 Å². The maximum absolute atomic E-state index is 14.0. The highest BCUT2D eigenvalue weighted by molar-refractivity contribution is 7.69. The Morgan fingerprint density at radius 1 is 0.792 bits per heavy atom. The Balaban J connectivity index is 2.01. The van der Waals surface area contributed by atoms with Crippen molar-refractivity contribution in [3.8, 4) is 5.75 Å². The van der Waals surface area contributed by atoms with Gasteiger partial charge in [0.1, 0.15) is 0 Å². The molecule has 0 N–H and O–H groups in total. The van der Waals surface area contributed by atoms with Crippen LogP contribution in [0.4, 0.5) is 11.4 Å². The lowest BCUT2D eigenvalue weighted by atomic mass is 10.1. The number of hydrogen-bond donors (Lipinski definition) is 0. The fraction of sp³-hybridized carbons (Fsp3) is 0.100. The van der Waals surface area contributed by atoms with Crippen LogP contribution >= 0.6 is 7.52 Å². The Bertz CT molecular complexity index is 933. The molecule has 1 unspecified atom stereocenters. The lowest BCUT2D eigenvalue weighted by molar-refractivity contribution is 0.505. The first-order valence-electron chi connectivity index (χ1n) is 7.92. The molecule has 1 heterocycles. The Morgan fingerprint density at radius 2 is 1.42 bits per heavy atom. The van der Waals surface area contributed by atoms with Crippen LogP contribution in [-0.2, 0) is 4.57 Å². The minimum absolute atomic E-state index is 0.660. The van der Waals surface area contributed by atoms with Gasteiger partial charge in [-0.1, -0.05) is 48.5 Å². The van der Waals surface area contributed by atoms with Gasteiger partial charge in [-0.3, -0.25) is 4.67 Å². The Labute approximate surface area is 142 Å². The van der Waals surface area contributed by atoms with Crippen molar-refractivity contribution < 1.29 is 9.09 Å². The molecule has 3 aromatic rings. The van der Waals surface area contributed by atoms with Crippen LogP contribution in [0.2, 0.25) is 0 Å². The van der Waals surface area contributed by atoms with E-state index < -0.39 is 7.52 Å². The first-order chi connectivity index (χ1) is 11.6. The summed E-state index contributed by atoms with van der Waals surface area (Å²) in [6, 6.07) is 23.2. The van der Waals surface area contributed by atoms with Crippen molar-refractivity contribution in [2.24, 2.45) is 0 Å². The number of fused-ring (bicyclic) bond motifs is 1. The van der Waals surface area contributed by atoms with Gasteiger partial charge in [0.25, 0.3) is 0 Å². The second kappa shape index (κ2) is 5.54. The second-order valence-electron chi connectivity index (χ2n) is 5.97. The predicted molar refractivity (Wildman–Crippen MR) is 98.8 cm³/mol. The van der Waals surface area contributed by atoms with Crippen molar-refractivity contribution in [3.05, 3.63) is 83.9 Å². The van der Waals surface area contributed by atoms with Crippen LogP contribution < -0.4 is 14.5 Å². The van der Waals surface area contributed by atoms with Crippen molar-refractivity contribution in [2.45, 2.75) is 13.8 Å². The molecule has 24 heavy (non-hydrogen) atoms. The molecule has 4 heteroatoms. The average molecular weight is 335 g/mol. The molecule has 120 valence electrons. The SMILES string of the molecule is Cc1cccc(C)c1N1c2ccccc2OP1(=O)c1ccccc1. The van der Waals surface area contributed by atoms with Crippen LogP contribution in [0.3, 0.4) is 0 Å². The van der Waals surface area contributed by atoms with Crippen molar-refractivity contribution >= 4 is 24.2 Å². The highest BCUT2D eigenvalue weighted by Gasteiger charge is 2.45. The van der Waals surface area contributed by atoms with E-state index in [0.717, 1.165) is 22.5 Å². The normalized spacial score (nSPS) is 19.0. The van der Waals surface area contributed by atoms with E-state index in [1.807, 2.05) is 91.3 Å². The predicted octanol–water partition coefficient (Wildman–Crippen LogP) is 5.35. The zero-order valence-corrected chi connectivity index (χ0v) is 14.5. The Morgan fingerprint density at radius 3 is 2.12 bits per heavy atom. The van der Waals surface area contributed by atoms with E-state index in [1.165, 1.54) is 0 Å². The second-order valence-corrected chi connectivity index (χ2v) is 8.11. The van der Waals surface area contributed by atoms with Gasteiger partial charge in [0, 0.05) is 0 Å². The van der Waals surface area contributed by atoms with E-state index in [-0.39, 0.29) is 0 Å². The maximum Gasteiger partial charge on any atom is 0.378 e. The van der Waals surface area contributed by atoms with Crippen LogP contribution in [0.25, 0.3) is 0 Å². The minimum atomic E-state index is -3.26. The molecule has 3 nitrogen and oxygen atoms in total. The number of aryl methyl sites for hydroxylation is 2. The van der Waals surface area contributed by atoms with Gasteiger partial charge in [-0.25, -0.2) is 4.57 Å². The van der Waals surface area contributed by atoms with Crippen LogP contribution in [0.1, 0.15) is 11.1 Å². The minimum Gasteiger partial charge on any atom is -0.423 e. The van der Waals surface area contributed by atoms with Crippen LogP contribution in [0.15, 0.2) is 72.8 Å². The molecule has 0 amide bonds. The molecule has 0 saturated heterocycles. The van der Waals surface area contributed by atoms with Gasteiger partial charge in [0.05, 0.1) is 16.7 Å². The fourth-order valence-electron chi connectivity index (χ4n) is 3.20. The molecule has 4 rings (SSSR count). The van der Waals surface area contributed by atoms with Crippen molar-refractivity contribution in [1.29, 1.82) is 0 Å². The summed E-state index contributed by atoms with van der Waals surface area (Å²) in [5, 5.41) is 0.698. The molecule has 0 bridgehead atoms. The molecule has 0 radical (unpaired) electrons. The lowest BCUT2D eigenvalue weighted by Crippen LogP contribution is -2.21. The summed E-state index contributed by atoms with van der Waals surface area (Å²) in [5.41, 5.74) is 3.95. The highest BCUT2D eigenvalue weighted by atomic mass is 31.2. The smallest absolute Gasteiger partial charge is 0.378 e. The average Bonchev–Trinajstić information content (AvgIpc) is 2.89. The van der Waals surface area contributed by atoms with Gasteiger partial charge in [-0.05, 0) is 49.2 Å². The quantitative estimate of drug-likeness (QED) is 0.591. The zero-order chi connectivity index (χ0) is 16.7.